The van der Waals surface area contributed by atoms with Crippen LogP contribution in [0.3, 0.4) is 0 Å². The third-order valence-corrected chi connectivity index (χ3v) is 6.34. The molecule has 2 aliphatic rings. The molecule has 0 spiro atoms. The Hall–Kier alpha value is -2.42. The molecule has 0 N–H and O–H groups in total. The first-order valence-electron chi connectivity index (χ1n) is 9.89. The van der Waals surface area contributed by atoms with Gasteiger partial charge in [-0.1, -0.05) is 11.3 Å². The number of anilines is 1. The van der Waals surface area contributed by atoms with Gasteiger partial charge in [-0.3, -0.25) is 14.2 Å². The molecule has 0 bridgehead atoms. The molecule has 0 aliphatic carbocycles. The summed E-state index contributed by atoms with van der Waals surface area (Å²) < 4.78 is 6.92. The molecule has 0 atom stereocenters. The number of piperidine rings is 1. The summed E-state index contributed by atoms with van der Waals surface area (Å²) in [4.78, 5) is 29.0. The van der Waals surface area contributed by atoms with Gasteiger partial charge in [0.15, 0.2) is 0 Å². The van der Waals surface area contributed by atoms with Crippen molar-refractivity contribution in [3.63, 3.8) is 0 Å². The quantitative estimate of drug-likeness (QED) is 0.713. The summed E-state index contributed by atoms with van der Waals surface area (Å²) in [5, 5.41) is 10.2. The minimum Gasteiger partial charge on any atom is -0.466 e. The average molecular weight is 404 g/mol. The minimum atomic E-state index is -0.152. The van der Waals surface area contributed by atoms with E-state index >= 15 is 0 Å². The van der Waals surface area contributed by atoms with Crippen molar-refractivity contribution in [2.45, 2.75) is 32.6 Å². The molecule has 2 aromatic rings. The Labute approximate surface area is 168 Å². The molecular formula is C19H25N5O3S. The molecule has 2 aromatic heterocycles. The normalized spacial score (nSPS) is 17.9. The van der Waals surface area contributed by atoms with Gasteiger partial charge in [-0.2, -0.15) is 0 Å². The molecule has 0 saturated carbocycles. The highest BCUT2D eigenvalue weighted by Crippen LogP contribution is 2.28. The highest BCUT2D eigenvalue weighted by Gasteiger charge is 2.30. The van der Waals surface area contributed by atoms with E-state index in [1.165, 1.54) is 24.2 Å². The number of carbonyl (C=O) groups excluding carboxylic acids is 2. The summed E-state index contributed by atoms with van der Waals surface area (Å²) in [5.74, 6) is -0.298. The summed E-state index contributed by atoms with van der Waals surface area (Å²) in [6.45, 7) is 5.36. The summed E-state index contributed by atoms with van der Waals surface area (Å²) in [5.41, 5.74) is 0.582. The molecule has 0 radical (unpaired) electrons. The lowest BCUT2D eigenvalue weighted by Gasteiger charge is -2.31. The Morgan fingerprint density at radius 1 is 1.14 bits per heavy atom. The third kappa shape index (κ3) is 3.76. The zero-order chi connectivity index (χ0) is 19.5. The van der Waals surface area contributed by atoms with Gasteiger partial charge in [0.25, 0.3) is 5.91 Å². The Bertz CT molecular complexity index is 834. The molecule has 2 fully saturated rings. The van der Waals surface area contributed by atoms with Crippen molar-refractivity contribution in [2.24, 2.45) is 5.92 Å². The first-order valence-corrected chi connectivity index (χ1v) is 10.7. The van der Waals surface area contributed by atoms with Gasteiger partial charge < -0.3 is 14.5 Å². The van der Waals surface area contributed by atoms with Gasteiger partial charge in [-0.05, 0) is 44.7 Å². The zero-order valence-corrected chi connectivity index (χ0v) is 16.9. The van der Waals surface area contributed by atoms with Crippen molar-refractivity contribution in [2.75, 3.05) is 37.7 Å². The maximum absolute atomic E-state index is 13.1. The van der Waals surface area contributed by atoms with E-state index < -0.39 is 0 Å². The zero-order valence-electron chi connectivity index (χ0n) is 16.0. The number of carbonyl (C=O) groups is 2. The van der Waals surface area contributed by atoms with Crippen molar-refractivity contribution in [1.82, 2.24) is 19.7 Å². The Morgan fingerprint density at radius 2 is 1.86 bits per heavy atom. The van der Waals surface area contributed by atoms with Gasteiger partial charge in [-0.25, -0.2) is 0 Å². The molecule has 8 nitrogen and oxygen atoms in total. The number of rotatable bonds is 5. The van der Waals surface area contributed by atoms with E-state index in [2.05, 4.69) is 15.1 Å². The van der Waals surface area contributed by atoms with E-state index in [-0.39, 0.29) is 17.8 Å². The fourth-order valence-electron chi connectivity index (χ4n) is 3.80. The fraction of sp³-hybridized carbons (Fsp3) is 0.579. The van der Waals surface area contributed by atoms with Crippen LogP contribution < -0.4 is 4.90 Å². The highest BCUT2D eigenvalue weighted by molar-refractivity contribution is 7.17. The molecular weight excluding hydrogens is 378 g/mol. The summed E-state index contributed by atoms with van der Waals surface area (Å²) in [6.07, 6.45) is 5.51. The molecule has 28 heavy (non-hydrogen) atoms. The predicted octanol–water partition coefficient (Wildman–Crippen LogP) is 2.34. The number of likely N-dealkylation sites (tertiary alicyclic amines) is 1. The Morgan fingerprint density at radius 3 is 2.57 bits per heavy atom. The number of amides is 1. The molecule has 2 saturated heterocycles. The number of esters is 1. The predicted molar refractivity (Wildman–Crippen MR) is 106 cm³/mol. The van der Waals surface area contributed by atoms with Gasteiger partial charge in [0, 0.05) is 32.4 Å². The molecule has 4 rings (SSSR count). The van der Waals surface area contributed by atoms with Crippen LogP contribution >= 0.6 is 11.3 Å². The number of aromatic nitrogens is 3. The number of hydrogen-bond donors (Lipinski definition) is 0. The van der Waals surface area contributed by atoms with Crippen LogP contribution in [0.15, 0.2) is 18.3 Å². The average Bonchev–Trinajstić information content (AvgIpc) is 3.48. The highest BCUT2D eigenvalue weighted by atomic mass is 32.1. The summed E-state index contributed by atoms with van der Waals surface area (Å²) in [6, 6.07) is 3.67. The lowest BCUT2D eigenvalue weighted by Crippen LogP contribution is -2.41. The smallest absolute Gasteiger partial charge is 0.309 e. The van der Waals surface area contributed by atoms with Crippen LogP contribution in [0.4, 0.5) is 5.13 Å². The molecule has 150 valence electrons. The second-order valence-electron chi connectivity index (χ2n) is 7.14. The van der Waals surface area contributed by atoms with Gasteiger partial charge in [-0.15, -0.1) is 10.2 Å². The van der Waals surface area contributed by atoms with Crippen LogP contribution in [0.25, 0.3) is 5.13 Å². The maximum Gasteiger partial charge on any atom is 0.309 e. The maximum atomic E-state index is 13.1. The van der Waals surface area contributed by atoms with Crippen molar-refractivity contribution in [1.29, 1.82) is 0 Å². The summed E-state index contributed by atoms with van der Waals surface area (Å²) >= 11 is 1.51. The van der Waals surface area contributed by atoms with E-state index in [0.29, 0.717) is 43.4 Å². The van der Waals surface area contributed by atoms with E-state index in [1.807, 2.05) is 34.7 Å². The monoisotopic (exact) mass is 403 g/mol. The molecule has 4 heterocycles. The van der Waals surface area contributed by atoms with Crippen LogP contribution in [0, 0.1) is 5.92 Å². The molecule has 0 unspecified atom stereocenters. The van der Waals surface area contributed by atoms with Crippen LogP contribution in [0.1, 0.15) is 43.1 Å². The van der Waals surface area contributed by atoms with Crippen molar-refractivity contribution >= 4 is 28.3 Å². The minimum absolute atomic E-state index is 0.0368. The molecule has 2 aliphatic heterocycles. The Kier molecular flexibility index (Phi) is 5.61. The third-order valence-electron chi connectivity index (χ3n) is 5.36. The first kappa shape index (κ1) is 18.9. The number of hydrogen-bond acceptors (Lipinski definition) is 7. The standard InChI is InChI=1S/C19H25N5O3S/c1-2-27-17(26)14-7-12-22(13-8-14)16(25)15-6-5-11-24(15)19-21-20-18(28-19)23-9-3-4-10-23/h5-6,11,14H,2-4,7-10,12-13H2,1H3. The second kappa shape index (κ2) is 8.30. The molecule has 9 heteroatoms. The van der Waals surface area contributed by atoms with Gasteiger partial charge >= 0.3 is 5.97 Å². The van der Waals surface area contributed by atoms with Crippen LogP contribution in [0.5, 0.6) is 0 Å². The van der Waals surface area contributed by atoms with Crippen LogP contribution in [-0.2, 0) is 9.53 Å². The molecule has 1 amide bonds. The van der Waals surface area contributed by atoms with Crippen molar-refractivity contribution in [3.05, 3.63) is 24.0 Å². The first-order chi connectivity index (χ1) is 13.7. The van der Waals surface area contributed by atoms with E-state index in [4.69, 9.17) is 4.74 Å². The summed E-state index contributed by atoms with van der Waals surface area (Å²) in [7, 11) is 0. The van der Waals surface area contributed by atoms with Gasteiger partial charge in [0.1, 0.15) is 5.69 Å². The van der Waals surface area contributed by atoms with Crippen LogP contribution in [0.2, 0.25) is 0 Å². The number of ether oxygens (including phenoxy) is 1. The van der Waals surface area contributed by atoms with Gasteiger partial charge in [0.05, 0.1) is 12.5 Å². The van der Waals surface area contributed by atoms with E-state index in [9.17, 15) is 9.59 Å². The molecule has 0 aromatic carbocycles. The second-order valence-corrected chi connectivity index (χ2v) is 8.08. The van der Waals surface area contributed by atoms with E-state index in [0.717, 1.165) is 18.2 Å². The van der Waals surface area contributed by atoms with Gasteiger partial charge in [0.2, 0.25) is 10.3 Å². The van der Waals surface area contributed by atoms with Crippen LogP contribution in [-0.4, -0.2) is 64.3 Å². The fourth-order valence-corrected chi connectivity index (χ4v) is 4.70. The SMILES string of the molecule is CCOC(=O)C1CCN(C(=O)c2cccn2-c2nnc(N3CCCC3)s2)CC1. The largest absolute Gasteiger partial charge is 0.466 e. The number of nitrogens with zero attached hydrogens (tertiary/aromatic N) is 5. The lowest BCUT2D eigenvalue weighted by atomic mass is 9.97. The topological polar surface area (TPSA) is 80.6 Å². The Balaban J connectivity index is 1.44. The van der Waals surface area contributed by atoms with Crippen molar-refractivity contribution in [3.8, 4) is 5.13 Å². The lowest BCUT2D eigenvalue weighted by molar-refractivity contribution is -0.149. The van der Waals surface area contributed by atoms with Crippen molar-refractivity contribution < 1.29 is 14.3 Å². The van der Waals surface area contributed by atoms with E-state index in [1.54, 1.807) is 0 Å².